The molecule has 1 aromatic rings. The second kappa shape index (κ2) is 19.2. The normalized spacial score (nSPS) is 18.4. The number of hydrogen-bond acceptors (Lipinski definition) is 7. The summed E-state index contributed by atoms with van der Waals surface area (Å²) < 4.78 is 53.1. The predicted octanol–water partition coefficient (Wildman–Crippen LogP) is 5.34. The second-order valence-corrected chi connectivity index (χ2v) is 12.0. The third kappa shape index (κ3) is 12.2. The van der Waals surface area contributed by atoms with Gasteiger partial charge in [0.15, 0.2) is 11.5 Å². The molecule has 0 saturated carbocycles. The fourth-order valence-corrected chi connectivity index (χ4v) is 5.90. The quantitative estimate of drug-likeness (QED) is 0.0995. The third-order valence-electron chi connectivity index (χ3n) is 7.42. The number of benzene rings is 1. The van der Waals surface area contributed by atoms with Crippen LogP contribution in [0.25, 0.3) is 0 Å². The van der Waals surface area contributed by atoms with Gasteiger partial charge in [0.2, 0.25) is 11.8 Å². The number of aliphatic hydroxyl groups is 2. The minimum atomic E-state index is -4.76. The van der Waals surface area contributed by atoms with Crippen LogP contribution in [0.2, 0.25) is 0 Å². The monoisotopic (exact) mass is 740 g/mol. The van der Waals surface area contributed by atoms with Gasteiger partial charge in [-0.25, -0.2) is 0 Å². The molecule has 3 N–H and O–H groups in total. The highest BCUT2D eigenvalue weighted by Crippen LogP contribution is 2.37. The standard InChI is InChI=1S/C31H44F3IN2O7/c1-3-4-5-6-7-8-9-10-11-12-27(40)37(20-31(32,33)34)24-17-22(30(42)36-13-14-38)18-25(28(24)41)44-29-23(35)15-21(19-39)16-26(29)43-2/h15-16,18-19,24-25,28,38,41H,3-14,17,20H2,1-2H3,(H,36,42). The van der Waals surface area contributed by atoms with Gasteiger partial charge >= 0.3 is 6.18 Å². The van der Waals surface area contributed by atoms with Gasteiger partial charge in [-0.15, -0.1) is 0 Å². The molecular formula is C31H44F3IN2O7. The van der Waals surface area contributed by atoms with E-state index in [-0.39, 0.29) is 43.1 Å². The molecule has 0 aromatic heterocycles. The number of carbonyl (C=O) groups excluding carboxylic acids is 3. The second-order valence-electron chi connectivity index (χ2n) is 10.9. The summed E-state index contributed by atoms with van der Waals surface area (Å²) in [5, 5.41) is 23.0. The van der Waals surface area contributed by atoms with Crippen LogP contribution in [0.5, 0.6) is 11.5 Å². The smallest absolute Gasteiger partial charge is 0.406 e. The molecule has 0 saturated heterocycles. The lowest BCUT2D eigenvalue weighted by atomic mass is 9.87. The summed E-state index contributed by atoms with van der Waals surface area (Å²) in [7, 11) is 1.34. The number of nitrogens with one attached hydrogen (secondary N) is 1. The van der Waals surface area contributed by atoms with Crippen LogP contribution in [-0.2, 0) is 9.59 Å². The molecule has 0 fully saturated rings. The number of hydrogen-bond donors (Lipinski definition) is 3. The van der Waals surface area contributed by atoms with E-state index in [2.05, 4.69) is 12.2 Å². The molecule has 13 heteroatoms. The summed E-state index contributed by atoms with van der Waals surface area (Å²) >= 11 is 1.89. The van der Waals surface area contributed by atoms with Gasteiger partial charge in [-0.1, -0.05) is 58.3 Å². The summed E-state index contributed by atoms with van der Waals surface area (Å²) in [6, 6.07) is 1.48. The third-order valence-corrected chi connectivity index (χ3v) is 8.22. The molecule has 1 aliphatic rings. The molecule has 1 aromatic carbocycles. The molecule has 1 aliphatic carbocycles. The topological polar surface area (TPSA) is 125 Å². The van der Waals surface area contributed by atoms with Crippen molar-refractivity contribution in [3.63, 3.8) is 0 Å². The first-order valence-corrected chi connectivity index (χ1v) is 16.2. The number of halogens is 4. The molecule has 0 heterocycles. The van der Waals surface area contributed by atoms with E-state index in [9.17, 15) is 32.7 Å². The number of alkyl halides is 3. The van der Waals surface area contributed by atoms with E-state index in [1.807, 2.05) is 22.6 Å². The van der Waals surface area contributed by atoms with Gasteiger partial charge in [0.25, 0.3) is 0 Å². The fourth-order valence-electron chi connectivity index (χ4n) is 5.15. The average Bonchev–Trinajstić information content (AvgIpc) is 2.98. The molecule has 9 nitrogen and oxygen atoms in total. The maximum absolute atomic E-state index is 13.8. The number of rotatable bonds is 19. The highest BCUT2D eigenvalue weighted by atomic mass is 127. The first-order chi connectivity index (χ1) is 20.9. The van der Waals surface area contributed by atoms with Gasteiger partial charge in [-0.2, -0.15) is 13.2 Å². The number of methoxy groups -OCH3 is 1. The molecule has 2 rings (SSSR count). The van der Waals surface area contributed by atoms with Crippen molar-refractivity contribution < 1.29 is 47.2 Å². The lowest BCUT2D eigenvalue weighted by molar-refractivity contribution is -0.172. The van der Waals surface area contributed by atoms with Crippen molar-refractivity contribution in [1.29, 1.82) is 0 Å². The minimum absolute atomic E-state index is 0.000263. The largest absolute Gasteiger partial charge is 0.493 e. The van der Waals surface area contributed by atoms with E-state index < -0.39 is 42.8 Å². The van der Waals surface area contributed by atoms with E-state index in [0.717, 1.165) is 32.1 Å². The Hall–Kier alpha value is -2.39. The van der Waals surface area contributed by atoms with Crippen LogP contribution in [0.1, 0.15) is 87.9 Å². The average molecular weight is 741 g/mol. The molecule has 3 unspecified atom stereocenters. The molecule has 0 spiro atoms. The van der Waals surface area contributed by atoms with Crippen LogP contribution in [-0.4, -0.2) is 84.4 Å². The van der Waals surface area contributed by atoms with Crippen LogP contribution in [0.3, 0.4) is 0 Å². The maximum atomic E-state index is 13.8. The molecule has 0 aliphatic heterocycles. The van der Waals surface area contributed by atoms with Gasteiger partial charge in [0, 0.05) is 30.5 Å². The van der Waals surface area contributed by atoms with Crippen molar-refractivity contribution in [3.8, 4) is 11.5 Å². The molecular weight excluding hydrogens is 696 g/mol. The first-order valence-electron chi connectivity index (χ1n) is 15.1. The number of carbonyl (C=O) groups is 3. The van der Waals surface area contributed by atoms with Gasteiger partial charge in [0.05, 0.1) is 23.3 Å². The Morgan fingerprint density at radius 2 is 1.75 bits per heavy atom. The van der Waals surface area contributed by atoms with E-state index >= 15 is 0 Å². The summed E-state index contributed by atoms with van der Waals surface area (Å²) in [5.41, 5.74) is 0.291. The van der Waals surface area contributed by atoms with Gasteiger partial charge in [-0.3, -0.25) is 14.4 Å². The number of ether oxygens (including phenoxy) is 2. The van der Waals surface area contributed by atoms with Crippen molar-refractivity contribution in [1.82, 2.24) is 10.2 Å². The van der Waals surface area contributed by atoms with E-state index in [0.29, 0.717) is 33.2 Å². The van der Waals surface area contributed by atoms with Crippen molar-refractivity contribution in [2.24, 2.45) is 0 Å². The lowest BCUT2D eigenvalue weighted by Gasteiger charge is -2.41. The number of aldehydes is 1. The summed E-state index contributed by atoms with van der Waals surface area (Å²) in [6.07, 6.45) is 2.43. The molecule has 44 heavy (non-hydrogen) atoms. The van der Waals surface area contributed by atoms with Crippen LogP contribution < -0.4 is 14.8 Å². The van der Waals surface area contributed by atoms with Crippen LogP contribution in [0.15, 0.2) is 23.8 Å². The van der Waals surface area contributed by atoms with E-state index in [1.165, 1.54) is 38.2 Å². The van der Waals surface area contributed by atoms with Crippen molar-refractivity contribution in [2.45, 2.75) is 102 Å². The number of nitrogens with zero attached hydrogens (tertiary/aromatic N) is 1. The highest BCUT2D eigenvalue weighted by Gasteiger charge is 2.44. The van der Waals surface area contributed by atoms with Crippen molar-refractivity contribution in [2.75, 3.05) is 26.8 Å². The van der Waals surface area contributed by atoms with E-state index in [4.69, 9.17) is 14.6 Å². The van der Waals surface area contributed by atoms with Crippen molar-refractivity contribution >= 4 is 40.7 Å². The fraction of sp³-hybridized carbons (Fsp3) is 0.645. The Bertz CT molecular complexity index is 1120. The maximum Gasteiger partial charge on any atom is 0.406 e. The van der Waals surface area contributed by atoms with E-state index in [1.54, 1.807) is 0 Å². The summed E-state index contributed by atoms with van der Waals surface area (Å²) in [5.74, 6) is -1.19. The predicted molar refractivity (Wildman–Crippen MR) is 168 cm³/mol. The Kier molecular flexibility index (Phi) is 16.5. The number of amides is 2. The van der Waals surface area contributed by atoms with Crippen LogP contribution in [0, 0.1) is 3.57 Å². The first kappa shape index (κ1) is 37.8. The molecule has 3 atom stereocenters. The Morgan fingerprint density at radius 1 is 1.11 bits per heavy atom. The Balaban J connectivity index is 2.30. The van der Waals surface area contributed by atoms with Gasteiger partial charge in [-0.05, 0) is 47.2 Å². The Morgan fingerprint density at radius 3 is 2.32 bits per heavy atom. The molecule has 2 amide bonds. The van der Waals surface area contributed by atoms with Crippen LogP contribution >= 0.6 is 22.6 Å². The highest BCUT2D eigenvalue weighted by molar-refractivity contribution is 14.1. The van der Waals surface area contributed by atoms with Gasteiger partial charge < -0.3 is 29.9 Å². The molecule has 248 valence electrons. The Labute approximate surface area is 270 Å². The number of aliphatic hydroxyl groups excluding tert-OH is 2. The van der Waals surface area contributed by atoms with Crippen molar-refractivity contribution in [3.05, 3.63) is 32.9 Å². The minimum Gasteiger partial charge on any atom is -0.493 e. The summed E-state index contributed by atoms with van der Waals surface area (Å²) in [4.78, 5) is 38.1. The van der Waals surface area contributed by atoms with Crippen LogP contribution in [0.4, 0.5) is 13.2 Å². The zero-order chi connectivity index (χ0) is 32.7. The summed E-state index contributed by atoms with van der Waals surface area (Å²) in [6.45, 7) is 0.0880. The lowest BCUT2D eigenvalue weighted by Crippen LogP contribution is -2.57. The number of unbranched alkanes of at least 4 members (excludes halogenated alkanes) is 8. The van der Waals surface area contributed by atoms with Gasteiger partial charge in [0.1, 0.15) is 25.0 Å². The SMILES string of the molecule is CCCCCCCCCCCC(=O)N(CC(F)(F)F)C1CC(C(=O)NCCO)=CC(Oc2c(I)cc(C=O)cc2OC)C1O. The zero-order valence-corrected chi connectivity index (χ0v) is 27.5. The zero-order valence-electron chi connectivity index (χ0n) is 25.3. The molecule has 0 radical (unpaired) electrons. The molecule has 0 bridgehead atoms.